The number of anilines is 1. The minimum atomic E-state index is -3.99. The van der Waals surface area contributed by atoms with Gasteiger partial charge in [-0.05, 0) is 61.4 Å². The van der Waals surface area contributed by atoms with Crippen molar-refractivity contribution in [1.29, 1.82) is 0 Å². The van der Waals surface area contributed by atoms with Crippen LogP contribution in [0.1, 0.15) is 34.5 Å². The molecule has 31 heavy (non-hydrogen) atoms. The molecule has 3 rings (SSSR count). The first-order chi connectivity index (χ1) is 14.7. The van der Waals surface area contributed by atoms with E-state index < -0.39 is 28.1 Å². The summed E-state index contributed by atoms with van der Waals surface area (Å²) >= 11 is 0. The highest BCUT2D eigenvalue weighted by Gasteiger charge is 2.24. The van der Waals surface area contributed by atoms with Crippen molar-refractivity contribution in [3.05, 3.63) is 95.3 Å². The second-order valence-corrected chi connectivity index (χ2v) is 8.93. The van der Waals surface area contributed by atoms with Crippen LogP contribution in [0.2, 0.25) is 0 Å². The van der Waals surface area contributed by atoms with Crippen molar-refractivity contribution in [3.8, 4) is 0 Å². The van der Waals surface area contributed by atoms with Crippen molar-refractivity contribution < 1.29 is 22.7 Å². The predicted octanol–water partition coefficient (Wildman–Crippen LogP) is 3.79. The van der Waals surface area contributed by atoms with Gasteiger partial charge in [-0.2, -0.15) is 0 Å². The molecular weight excluding hydrogens is 419 g/mol. The highest BCUT2D eigenvalue weighted by molar-refractivity contribution is 7.89. The third kappa shape index (κ3) is 5.55. The van der Waals surface area contributed by atoms with Gasteiger partial charge in [0, 0.05) is 17.3 Å². The van der Waals surface area contributed by atoms with Crippen LogP contribution in [-0.4, -0.2) is 25.5 Å². The van der Waals surface area contributed by atoms with Gasteiger partial charge in [0.05, 0.1) is 11.0 Å². The zero-order chi connectivity index (χ0) is 22.6. The fraction of sp³-hybridized carbons (Fsp3) is 0.174. The van der Waals surface area contributed by atoms with Crippen LogP contribution in [0.3, 0.4) is 0 Å². The van der Waals surface area contributed by atoms with E-state index in [0.717, 1.165) is 0 Å². The van der Waals surface area contributed by atoms with E-state index in [4.69, 9.17) is 0 Å². The minimum Gasteiger partial charge on any atom is -0.387 e. The van der Waals surface area contributed by atoms with Gasteiger partial charge in [0.15, 0.2) is 0 Å². The lowest BCUT2D eigenvalue weighted by Gasteiger charge is -2.20. The van der Waals surface area contributed by atoms with Gasteiger partial charge in [-0.1, -0.05) is 36.4 Å². The summed E-state index contributed by atoms with van der Waals surface area (Å²) in [4.78, 5) is 12.4. The molecule has 162 valence electrons. The number of halogens is 1. The summed E-state index contributed by atoms with van der Waals surface area (Å²) in [5.74, 6) is -0.913. The van der Waals surface area contributed by atoms with E-state index in [1.165, 1.54) is 42.5 Å². The fourth-order valence-electron chi connectivity index (χ4n) is 3.05. The molecule has 1 amide bonds. The first-order valence-electron chi connectivity index (χ1n) is 9.60. The molecule has 0 saturated carbocycles. The van der Waals surface area contributed by atoms with Gasteiger partial charge in [-0.15, -0.1) is 0 Å². The quantitative estimate of drug-likeness (QED) is 0.519. The summed E-state index contributed by atoms with van der Waals surface area (Å²) in [7, 11) is -3.99. The summed E-state index contributed by atoms with van der Waals surface area (Å²) < 4.78 is 41.5. The van der Waals surface area contributed by atoms with Crippen LogP contribution in [0.15, 0.2) is 77.7 Å². The summed E-state index contributed by atoms with van der Waals surface area (Å²) in [5, 5.41) is 13.1. The van der Waals surface area contributed by atoms with E-state index >= 15 is 0 Å². The third-order valence-electron chi connectivity index (χ3n) is 4.78. The monoisotopic (exact) mass is 442 g/mol. The summed E-state index contributed by atoms with van der Waals surface area (Å²) in [6.45, 7) is 3.14. The van der Waals surface area contributed by atoms with E-state index in [0.29, 0.717) is 16.8 Å². The van der Waals surface area contributed by atoms with Crippen molar-refractivity contribution in [3.63, 3.8) is 0 Å². The maximum atomic E-state index is 13.4. The molecule has 0 unspecified atom stereocenters. The minimum absolute atomic E-state index is 0.109. The Hall–Kier alpha value is -3.07. The fourth-order valence-corrected chi connectivity index (χ4v) is 4.34. The lowest BCUT2D eigenvalue weighted by molar-refractivity contribution is 0.102. The van der Waals surface area contributed by atoms with Crippen LogP contribution in [0.25, 0.3) is 0 Å². The molecule has 0 fully saturated rings. The van der Waals surface area contributed by atoms with Crippen molar-refractivity contribution in [1.82, 2.24) is 4.72 Å². The molecule has 0 heterocycles. The van der Waals surface area contributed by atoms with Gasteiger partial charge in [0.25, 0.3) is 5.91 Å². The number of aliphatic hydroxyl groups is 1. The first kappa shape index (κ1) is 22.6. The molecule has 0 aliphatic rings. The third-order valence-corrected chi connectivity index (χ3v) is 6.33. The topological polar surface area (TPSA) is 95.5 Å². The maximum Gasteiger partial charge on any atom is 0.255 e. The van der Waals surface area contributed by atoms with Crippen molar-refractivity contribution in [2.75, 3.05) is 5.32 Å². The molecule has 0 spiro atoms. The van der Waals surface area contributed by atoms with E-state index in [2.05, 4.69) is 10.0 Å². The van der Waals surface area contributed by atoms with E-state index in [1.54, 1.807) is 44.2 Å². The Bertz CT molecular complexity index is 1180. The normalized spacial score (nSPS) is 13.4. The molecule has 3 aromatic carbocycles. The van der Waals surface area contributed by atoms with Crippen LogP contribution >= 0.6 is 0 Å². The highest BCUT2D eigenvalue weighted by Crippen LogP contribution is 2.20. The first-order valence-corrected chi connectivity index (χ1v) is 11.1. The number of benzene rings is 3. The Labute approximate surface area is 180 Å². The number of carbonyl (C=O) groups excluding carboxylic acids is 1. The average Bonchev–Trinajstić information content (AvgIpc) is 2.76. The molecule has 0 aliphatic carbocycles. The molecule has 8 heteroatoms. The highest BCUT2D eigenvalue weighted by atomic mass is 32.2. The van der Waals surface area contributed by atoms with Crippen molar-refractivity contribution in [2.45, 2.75) is 30.9 Å². The molecule has 0 aromatic heterocycles. The van der Waals surface area contributed by atoms with Crippen molar-refractivity contribution >= 4 is 21.6 Å². The molecular formula is C23H23FN2O4S. The van der Waals surface area contributed by atoms with E-state index in [1.807, 2.05) is 0 Å². The molecule has 0 aliphatic heterocycles. The lowest BCUT2D eigenvalue weighted by atomic mass is 10.0. The molecule has 2 atom stereocenters. The molecule has 3 aromatic rings. The van der Waals surface area contributed by atoms with E-state index in [-0.39, 0.29) is 16.3 Å². The summed E-state index contributed by atoms with van der Waals surface area (Å²) in [6, 6.07) is 17.6. The van der Waals surface area contributed by atoms with Gasteiger partial charge >= 0.3 is 0 Å². The number of carbonyl (C=O) groups is 1. The largest absolute Gasteiger partial charge is 0.387 e. The Balaban J connectivity index is 1.76. The predicted molar refractivity (Wildman–Crippen MR) is 117 cm³/mol. The SMILES string of the molecule is Cc1cc(NC(=O)c2cccc(S(=O)(=O)N[C@@H](C)[C@H](O)c3ccccc3)c2)ccc1F. The van der Waals surface area contributed by atoms with Gasteiger partial charge in [-0.25, -0.2) is 17.5 Å². The standard InChI is InChI=1S/C23H23FN2O4S/c1-15-13-19(11-12-21(15)24)25-23(28)18-9-6-10-20(14-18)31(29,30)26-16(2)22(27)17-7-4-3-5-8-17/h3-14,16,22,26-27H,1-2H3,(H,25,28)/t16-,22-/m0/s1. The number of nitrogens with one attached hydrogen (secondary N) is 2. The van der Waals surface area contributed by atoms with Gasteiger partial charge in [0.1, 0.15) is 5.82 Å². The molecule has 6 nitrogen and oxygen atoms in total. The Kier molecular flexibility index (Phi) is 6.84. The summed E-state index contributed by atoms with van der Waals surface area (Å²) in [5.41, 5.74) is 1.49. The lowest BCUT2D eigenvalue weighted by Crippen LogP contribution is -2.37. The molecule has 0 radical (unpaired) electrons. The Morgan fingerprint density at radius 2 is 1.71 bits per heavy atom. The van der Waals surface area contributed by atoms with Gasteiger partial charge < -0.3 is 10.4 Å². The zero-order valence-corrected chi connectivity index (χ0v) is 17.9. The number of rotatable bonds is 7. The number of aliphatic hydroxyl groups excluding tert-OH is 1. The second-order valence-electron chi connectivity index (χ2n) is 7.21. The van der Waals surface area contributed by atoms with Crippen molar-refractivity contribution in [2.24, 2.45) is 0 Å². The number of amides is 1. The second kappa shape index (κ2) is 9.38. The smallest absolute Gasteiger partial charge is 0.255 e. The van der Waals surface area contributed by atoms with Gasteiger partial charge in [0.2, 0.25) is 10.0 Å². The number of hydrogen-bond donors (Lipinski definition) is 3. The van der Waals surface area contributed by atoms with Crippen LogP contribution in [0, 0.1) is 12.7 Å². The van der Waals surface area contributed by atoms with Crippen LogP contribution in [0.5, 0.6) is 0 Å². The van der Waals surface area contributed by atoms with Crippen LogP contribution < -0.4 is 10.0 Å². The van der Waals surface area contributed by atoms with Gasteiger partial charge in [-0.3, -0.25) is 4.79 Å². The number of hydrogen-bond acceptors (Lipinski definition) is 4. The number of aryl methyl sites for hydroxylation is 1. The number of sulfonamides is 1. The zero-order valence-electron chi connectivity index (χ0n) is 17.0. The Morgan fingerprint density at radius 3 is 2.39 bits per heavy atom. The molecule has 0 bridgehead atoms. The van der Waals surface area contributed by atoms with E-state index in [9.17, 15) is 22.7 Å². The maximum absolute atomic E-state index is 13.4. The average molecular weight is 443 g/mol. The Morgan fingerprint density at radius 1 is 1.00 bits per heavy atom. The summed E-state index contributed by atoms with van der Waals surface area (Å²) in [6.07, 6.45) is -1.04. The van der Waals surface area contributed by atoms with Crippen LogP contribution in [-0.2, 0) is 10.0 Å². The van der Waals surface area contributed by atoms with Crippen LogP contribution in [0.4, 0.5) is 10.1 Å². The molecule has 0 saturated heterocycles. The molecule has 3 N–H and O–H groups in total.